The van der Waals surface area contributed by atoms with Crippen molar-refractivity contribution in [3.8, 4) is 0 Å². The molecule has 0 aliphatic carbocycles. The van der Waals surface area contributed by atoms with Gasteiger partial charge in [-0.1, -0.05) is 12.2 Å². The Kier molecular flexibility index (Phi) is 19.0. The molecule has 302 valence electrons. The molecule has 0 spiro atoms. The Labute approximate surface area is 312 Å². The molecule has 0 aliphatic heterocycles. The number of carbonyl (C=O) groups is 2. The fourth-order valence-electron chi connectivity index (χ4n) is 4.49. The molecule has 2 atom stereocenters. The molecule has 2 aromatic rings. The number of nitrogens with one attached hydrogen (secondary N) is 4. The van der Waals surface area contributed by atoms with E-state index in [0.717, 1.165) is 45.3 Å². The Bertz CT molecular complexity index is 1790. The van der Waals surface area contributed by atoms with Gasteiger partial charge in [-0.15, -0.1) is 0 Å². The van der Waals surface area contributed by atoms with E-state index in [9.17, 15) is 37.9 Å². The molecule has 2 aromatic heterocycles. The molecule has 4 N–H and O–H groups in total. The molecule has 0 saturated carbocycles. The van der Waals surface area contributed by atoms with E-state index in [1.807, 2.05) is 32.4 Å². The van der Waals surface area contributed by atoms with Crippen molar-refractivity contribution in [3.05, 3.63) is 90.0 Å². The van der Waals surface area contributed by atoms with Crippen molar-refractivity contribution in [2.45, 2.75) is 65.0 Å². The molecule has 2 heterocycles. The van der Waals surface area contributed by atoms with Gasteiger partial charge in [-0.05, 0) is 27.7 Å². The summed E-state index contributed by atoms with van der Waals surface area (Å²) in [4.78, 5) is 77.5. The van der Waals surface area contributed by atoms with Crippen molar-refractivity contribution in [2.75, 3.05) is 41.7 Å². The summed E-state index contributed by atoms with van der Waals surface area (Å²) in [7, 11) is -4.70. The van der Waals surface area contributed by atoms with Crippen LogP contribution in [-0.4, -0.2) is 101 Å². The van der Waals surface area contributed by atoms with Gasteiger partial charge in [0.05, 0.1) is 25.3 Å². The summed E-state index contributed by atoms with van der Waals surface area (Å²) in [5, 5.41) is 5.35. The number of amides is 2. The van der Waals surface area contributed by atoms with E-state index in [1.54, 1.807) is 0 Å². The minimum absolute atomic E-state index is 0.160. The van der Waals surface area contributed by atoms with E-state index in [-0.39, 0.29) is 25.3 Å². The van der Waals surface area contributed by atoms with Gasteiger partial charge in [0.25, 0.3) is 19.6 Å². The molecule has 0 aromatic carbocycles. The minimum atomic E-state index is -3.70. The number of aromatic nitrogens is 4. The molecule has 0 saturated heterocycles. The third kappa shape index (κ3) is 15.3. The van der Waals surface area contributed by atoms with Crippen LogP contribution in [0.2, 0.25) is 0 Å². The summed E-state index contributed by atoms with van der Waals surface area (Å²) in [6, 6.07) is -0.150. The highest BCUT2D eigenvalue weighted by Crippen LogP contribution is 2.49. The molecule has 0 radical (unpaired) electrons. The van der Waals surface area contributed by atoms with Crippen molar-refractivity contribution in [2.24, 2.45) is 0 Å². The molecule has 54 heavy (non-hydrogen) atoms. The van der Waals surface area contributed by atoms with E-state index < -0.39 is 83.2 Å². The van der Waals surface area contributed by atoms with Crippen LogP contribution in [0.4, 0.5) is 0 Å². The van der Waals surface area contributed by atoms with Crippen LogP contribution < -0.4 is 33.1 Å². The van der Waals surface area contributed by atoms with Gasteiger partial charge in [-0.3, -0.25) is 47.4 Å². The second-order valence-electron chi connectivity index (χ2n) is 11.7. The first kappa shape index (κ1) is 46.5. The second-order valence-corrected chi connectivity index (χ2v) is 17.4. The highest BCUT2D eigenvalue weighted by molar-refractivity contribution is 7.57. The lowest BCUT2D eigenvalue weighted by Gasteiger charge is -2.36. The third-order valence-electron chi connectivity index (χ3n) is 7.11. The van der Waals surface area contributed by atoms with Gasteiger partial charge in [0.1, 0.15) is 13.1 Å². The summed E-state index contributed by atoms with van der Waals surface area (Å²) >= 11 is 0. The normalized spacial score (nSPS) is 14.3. The lowest BCUT2D eigenvalue weighted by atomic mass is 10.3. The van der Waals surface area contributed by atoms with Crippen molar-refractivity contribution < 1.29 is 45.9 Å². The maximum absolute atomic E-state index is 13.1. The van der Waals surface area contributed by atoms with Crippen molar-refractivity contribution in [1.82, 2.24) is 34.4 Å². The van der Waals surface area contributed by atoms with E-state index in [0.29, 0.717) is 0 Å². The first-order valence-electron chi connectivity index (χ1n) is 16.2. The fourth-order valence-corrected chi connectivity index (χ4v) is 7.78. The first-order chi connectivity index (χ1) is 25.4. The zero-order chi connectivity index (χ0) is 40.6. The Balaban J connectivity index is 2.42. The zero-order valence-corrected chi connectivity index (χ0v) is 33.8. The molecule has 2 amide bonds. The van der Waals surface area contributed by atoms with Gasteiger partial charge >= 0.3 is 26.6 Å². The van der Waals surface area contributed by atoms with Crippen molar-refractivity contribution in [3.63, 3.8) is 0 Å². The average Bonchev–Trinajstić information content (AvgIpc) is 3.11. The minimum Gasteiger partial charge on any atom is -0.346 e. The van der Waals surface area contributed by atoms with Crippen molar-refractivity contribution in [1.29, 1.82) is 0 Å². The lowest BCUT2D eigenvalue weighted by molar-refractivity contribution is -0.123. The monoisotopic (exact) mass is 823 g/mol. The molecule has 21 nitrogen and oxygen atoms in total. The number of nitrogens with zero attached hydrogens (tertiary/aromatic N) is 3. The number of hydrogen-bond acceptors (Lipinski definition) is 15. The van der Waals surface area contributed by atoms with Gasteiger partial charge in [0, 0.05) is 76.7 Å². The Morgan fingerprint density at radius 2 is 1.07 bits per heavy atom. The van der Waals surface area contributed by atoms with Crippen LogP contribution in [-0.2, 0) is 59.0 Å². The van der Waals surface area contributed by atoms with Crippen LogP contribution in [0.15, 0.2) is 67.5 Å². The summed E-state index contributed by atoms with van der Waals surface area (Å²) < 4.78 is 61.9. The van der Waals surface area contributed by atoms with E-state index in [4.69, 9.17) is 27.1 Å². The first-order valence-corrected chi connectivity index (χ1v) is 20.6. The average molecular weight is 824 g/mol. The third-order valence-corrected chi connectivity index (χ3v) is 12.3. The molecule has 2 unspecified atom stereocenters. The Morgan fingerprint density at radius 1 is 0.722 bits per heavy atom. The number of rotatable bonds is 23. The van der Waals surface area contributed by atoms with Crippen LogP contribution in [0.5, 0.6) is 0 Å². The summed E-state index contributed by atoms with van der Waals surface area (Å²) in [6.45, 7) is 6.07. The molecule has 24 heteroatoms. The van der Waals surface area contributed by atoms with Crippen molar-refractivity contribution >= 4 is 35.5 Å². The van der Waals surface area contributed by atoms with Crippen LogP contribution in [0.25, 0.3) is 0 Å². The smallest absolute Gasteiger partial charge is 0.346 e. The van der Waals surface area contributed by atoms with Gasteiger partial charge in [-0.2, -0.15) is 0 Å². The predicted octanol–water partition coefficient (Wildman–Crippen LogP) is 1.43. The number of hydrogen-bond donors (Lipinski definition) is 4. The Morgan fingerprint density at radius 3 is 1.37 bits per heavy atom. The second kappa shape index (κ2) is 22.1. The zero-order valence-electron chi connectivity index (χ0n) is 31.2. The van der Waals surface area contributed by atoms with Gasteiger partial charge in [0.15, 0.2) is 0 Å². The van der Waals surface area contributed by atoms with Crippen LogP contribution in [0.3, 0.4) is 0 Å². The molecule has 2 rings (SSSR count). The predicted molar refractivity (Wildman–Crippen MR) is 199 cm³/mol. The summed E-state index contributed by atoms with van der Waals surface area (Å²) in [6.07, 6.45) is 4.98. The van der Waals surface area contributed by atoms with Gasteiger partial charge < -0.3 is 37.8 Å². The quantitative estimate of drug-likeness (QED) is 0.116. The summed E-state index contributed by atoms with van der Waals surface area (Å²) in [5.74, 6) is 0.926. The standard InChI is InChI=1S/C30H48N7O14P3/c1-21(2)37(22(3)4)52(50-19-23(11-15-53(44,46-5)47-6)31-27(40)17-35-13-9-25(38)33-29(35)42)51-20-24(12-16-54(45,48-7)49-8)32-28(41)18-36-14-10-26(39)34-30(36)43/h9-16,21-24H,17-20H2,1-8H3,(H,31,40)(H,32,41)(H,33,38,42)(H,34,39,43)/b15-11+,16-12+. The maximum atomic E-state index is 13.1. The van der Waals surface area contributed by atoms with Crippen LogP contribution in [0.1, 0.15) is 27.7 Å². The maximum Gasteiger partial charge on any atom is 0.353 e. The SMILES string of the molecule is COP(=O)(/C=C/C(COP(OCC(/C=C/P(=O)(OC)OC)NC(=O)Cn1ccc(=O)[nH]c1=O)N(C(C)C)C(C)C)NC(=O)Cn1ccc(=O)[nH]c1=O)OC. The number of carbonyl (C=O) groups excluding carboxylic acids is 2. The molecule has 0 aliphatic rings. The molecular weight excluding hydrogens is 775 g/mol. The largest absolute Gasteiger partial charge is 0.353 e. The molecular formula is C30H48N7O14P3. The molecule has 0 fully saturated rings. The van der Waals surface area contributed by atoms with Gasteiger partial charge in [0.2, 0.25) is 11.8 Å². The van der Waals surface area contributed by atoms with Crippen LogP contribution >= 0.6 is 23.7 Å². The van der Waals surface area contributed by atoms with Gasteiger partial charge in [-0.25, -0.2) is 14.3 Å². The van der Waals surface area contributed by atoms with E-state index >= 15 is 0 Å². The molecule has 0 bridgehead atoms. The van der Waals surface area contributed by atoms with E-state index in [1.165, 1.54) is 40.6 Å². The topological polar surface area (TPSA) is 261 Å². The fraction of sp³-hybridized carbons (Fsp3) is 0.533. The highest BCUT2D eigenvalue weighted by Gasteiger charge is 2.30. The summed E-state index contributed by atoms with van der Waals surface area (Å²) in [5.41, 5.74) is -2.89. The van der Waals surface area contributed by atoms with Crippen LogP contribution in [0, 0.1) is 0 Å². The number of H-pyrrole nitrogens is 2. The van der Waals surface area contributed by atoms with E-state index in [2.05, 4.69) is 20.6 Å². The Hall–Kier alpha value is -3.61. The number of aromatic amines is 2. The highest BCUT2D eigenvalue weighted by atomic mass is 31.2. The lowest BCUT2D eigenvalue weighted by Crippen LogP contribution is -2.42.